The van der Waals surface area contributed by atoms with E-state index >= 15 is 0 Å². The minimum absolute atomic E-state index is 1.13. The Hall–Kier alpha value is -6.90. The molecule has 0 saturated heterocycles. The van der Waals surface area contributed by atoms with Crippen LogP contribution in [0.1, 0.15) is 0 Å². The summed E-state index contributed by atoms with van der Waals surface area (Å²) < 4.78 is 2.47. The van der Waals surface area contributed by atoms with Crippen LogP contribution >= 0.6 is 0 Å². The molecule has 2 heteroatoms. The Kier molecular flexibility index (Phi) is 7.18. The van der Waals surface area contributed by atoms with Gasteiger partial charge in [0.15, 0.2) is 0 Å². The van der Waals surface area contributed by atoms with E-state index in [-0.39, 0.29) is 0 Å². The average molecular weight is 663 g/mol. The average Bonchev–Trinajstić information content (AvgIpc) is 3.56. The predicted molar refractivity (Wildman–Crippen MR) is 221 cm³/mol. The number of hydrogen-bond acceptors (Lipinski definition) is 1. The van der Waals surface area contributed by atoms with Crippen LogP contribution < -0.4 is 4.90 Å². The van der Waals surface area contributed by atoms with Gasteiger partial charge < -0.3 is 9.47 Å². The van der Waals surface area contributed by atoms with Crippen molar-refractivity contribution in [1.82, 2.24) is 4.57 Å². The van der Waals surface area contributed by atoms with Crippen LogP contribution in [-0.4, -0.2) is 4.57 Å². The van der Waals surface area contributed by atoms with Gasteiger partial charge in [0.25, 0.3) is 0 Å². The highest BCUT2D eigenvalue weighted by Gasteiger charge is 2.24. The lowest BCUT2D eigenvalue weighted by molar-refractivity contribution is 1.18. The monoisotopic (exact) mass is 662 g/mol. The van der Waals surface area contributed by atoms with Crippen molar-refractivity contribution in [3.8, 4) is 27.9 Å². The van der Waals surface area contributed by atoms with E-state index in [0.29, 0.717) is 0 Å². The number of hydrogen-bond donors (Lipinski definition) is 0. The third kappa shape index (κ3) is 4.80. The number of anilines is 3. The Morgan fingerprint density at radius 3 is 1.67 bits per heavy atom. The van der Waals surface area contributed by atoms with Crippen LogP contribution in [-0.2, 0) is 0 Å². The van der Waals surface area contributed by atoms with Crippen molar-refractivity contribution in [1.29, 1.82) is 0 Å². The molecule has 0 N–H and O–H groups in total. The van der Waals surface area contributed by atoms with Gasteiger partial charge in [-0.15, -0.1) is 0 Å². The van der Waals surface area contributed by atoms with Crippen molar-refractivity contribution in [3.63, 3.8) is 0 Å². The maximum Gasteiger partial charge on any atom is 0.0562 e. The van der Waals surface area contributed by atoms with Gasteiger partial charge in [0.1, 0.15) is 0 Å². The zero-order valence-electron chi connectivity index (χ0n) is 28.5. The number of para-hydroxylation sites is 3. The van der Waals surface area contributed by atoms with Gasteiger partial charge in [0.2, 0.25) is 0 Å². The first-order valence-corrected chi connectivity index (χ1v) is 17.9. The molecule has 0 saturated carbocycles. The van der Waals surface area contributed by atoms with Crippen molar-refractivity contribution in [2.24, 2.45) is 0 Å². The number of nitrogens with zero attached hydrogens (tertiary/aromatic N) is 2. The summed E-state index contributed by atoms with van der Waals surface area (Å²) in [5.74, 6) is 0. The molecule has 0 radical (unpaired) electrons. The molecule has 0 fully saturated rings. The van der Waals surface area contributed by atoms with Crippen molar-refractivity contribution in [3.05, 3.63) is 206 Å². The summed E-state index contributed by atoms with van der Waals surface area (Å²) in [5, 5.41) is 7.32. The molecule has 10 rings (SSSR count). The summed E-state index contributed by atoms with van der Waals surface area (Å²) in [4.78, 5) is 2.49. The molecular formula is C50H34N2. The summed E-state index contributed by atoms with van der Waals surface area (Å²) in [5.41, 5.74) is 11.7. The molecule has 10 aromatic rings. The second-order valence-corrected chi connectivity index (χ2v) is 13.3. The Labute approximate surface area is 303 Å². The van der Waals surface area contributed by atoms with E-state index in [1.807, 2.05) is 0 Å². The van der Waals surface area contributed by atoms with E-state index in [9.17, 15) is 0 Å². The maximum absolute atomic E-state index is 2.49. The summed E-state index contributed by atoms with van der Waals surface area (Å²) in [7, 11) is 0. The standard InChI is InChI=1S/C50H34N2/c1-2-17-36(18-3-1)39-25-8-11-29-44(39)51(45-32-15-22-37-20-5-7-24-40(37)45)48-33-16-34-49-50(48)43-27-10-13-31-47(43)52(49)46-30-12-9-26-42(46)41-28-14-21-35-19-4-6-23-38(35)41/h1-34H. The van der Waals surface area contributed by atoms with E-state index < -0.39 is 0 Å². The fourth-order valence-corrected chi connectivity index (χ4v) is 8.13. The summed E-state index contributed by atoms with van der Waals surface area (Å²) in [6.45, 7) is 0. The Morgan fingerprint density at radius 2 is 0.827 bits per heavy atom. The van der Waals surface area contributed by atoms with Crippen molar-refractivity contribution in [2.45, 2.75) is 0 Å². The second kappa shape index (κ2) is 12.5. The van der Waals surface area contributed by atoms with Gasteiger partial charge in [-0.25, -0.2) is 0 Å². The lowest BCUT2D eigenvalue weighted by atomic mass is 9.97. The van der Waals surface area contributed by atoms with Crippen LogP contribution in [0.5, 0.6) is 0 Å². The fourth-order valence-electron chi connectivity index (χ4n) is 8.13. The Balaban J connectivity index is 1.30. The van der Waals surface area contributed by atoms with Gasteiger partial charge >= 0.3 is 0 Å². The zero-order valence-corrected chi connectivity index (χ0v) is 28.5. The largest absolute Gasteiger partial charge is 0.309 e. The van der Waals surface area contributed by atoms with Gasteiger partial charge in [-0.3, -0.25) is 0 Å². The lowest BCUT2D eigenvalue weighted by Crippen LogP contribution is -2.12. The quantitative estimate of drug-likeness (QED) is 0.172. The van der Waals surface area contributed by atoms with E-state index in [0.717, 1.165) is 28.3 Å². The number of benzene rings is 9. The first-order valence-electron chi connectivity index (χ1n) is 17.9. The third-order valence-corrected chi connectivity index (χ3v) is 10.4. The van der Waals surface area contributed by atoms with Gasteiger partial charge in [0.05, 0.1) is 33.8 Å². The molecule has 9 aromatic carbocycles. The topological polar surface area (TPSA) is 8.17 Å². The summed E-state index contributed by atoms with van der Waals surface area (Å²) in [6, 6.07) is 74.7. The van der Waals surface area contributed by atoms with Crippen molar-refractivity contribution in [2.75, 3.05) is 4.90 Å². The third-order valence-electron chi connectivity index (χ3n) is 10.4. The fraction of sp³-hybridized carbons (Fsp3) is 0. The smallest absolute Gasteiger partial charge is 0.0562 e. The summed E-state index contributed by atoms with van der Waals surface area (Å²) >= 11 is 0. The predicted octanol–water partition coefficient (Wildman–Crippen LogP) is 13.9. The minimum atomic E-state index is 1.13. The normalized spacial score (nSPS) is 11.5. The van der Waals surface area contributed by atoms with Gasteiger partial charge in [-0.05, 0) is 63.7 Å². The minimum Gasteiger partial charge on any atom is -0.309 e. The van der Waals surface area contributed by atoms with Crippen LogP contribution in [0.3, 0.4) is 0 Å². The molecule has 1 heterocycles. The van der Waals surface area contributed by atoms with Crippen molar-refractivity contribution >= 4 is 60.4 Å². The highest BCUT2D eigenvalue weighted by molar-refractivity contribution is 6.18. The molecule has 1 aromatic heterocycles. The van der Waals surface area contributed by atoms with Crippen LogP contribution in [0, 0.1) is 0 Å². The number of rotatable bonds is 6. The molecule has 0 aliphatic rings. The molecule has 244 valence electrons. The number of fused-ring (bicyclic) bond motifs is 5. The molecule has 0 unspecified atom stereocenters. The highest BCUT2D eigenvalue weighted by Crippen LogP contribution is 2.48. The molecule has 0 spiro atoms. The maximum atomic E-state index is 2.49. The first-order chi connectivity index (χ1) is 25.8. The molecular weight excluding hydrogens is 629 g/mol. The van der Waals surface area contributed by atoms with Gasteiger partial charge in [-0.2, -0.15) is 0 Å². The van der Waals surface area contributed by atoms with E-state index in [1.165, 1.54) is 60.1 Å². The second-order valence-electron chi connectivity index (χ2n) is 13.3. The van der Waals surface area contributed by atoms with Crippen LogP contribution in [0.2, 0.25) is 0 Å². The Bertz CT molecular complexity index is 2910. The van der Waals surface area contributed by atoms with Crippen molar-refractivity contribution < 1.29 is 0 Å². The summed E-state index contributed by atoms with van der Waals surface area (Å²) in [6.07, 6.45) is 0. The van der Waals surface area contributed by atoms with Gasteiger partial charge in [0, 0.05) is 27.3 Å². The van der Waals surface area contributed by atoms with Crippen LogP contribution in [0.15, 0.2) is 206 Å². The van der Waals surface area contributed by atoms with E-state index in [2.05, 4.69) is 216 Å². The van der Waals surface area contributed by atoms with Crippen LogP contribution in [0.4, 0.5) is 17.1 Å². The molecule has 0 atom stereocenters. The first kappa shape index (κ1) is 30.0. The van der Waals surface area contributed by atoms with Gasteiger partial charge in [-0.1, -0.05) is 170 Å². The molecule has 0 aliphatic heterocycles. The zero-order chi connectivity index (χ0) is 34.4. The molecule has 0 aliphatic carbocycles. The number of aromatic nitrogens is 1. The van der Waals surface area contributed by atoms with E-state index in [4.69, 9.17) is 0 Å². The highest BCUT2D eigenvalue weighted by atomic mass is 15.2. The van der Waals surface area contributed by atoms with Crippen LogP contribution in [0.25, 0.3) is 71.3 Å². The van der Waals surface area contributed by atoms with E-state index in [1.54, 1.807) is 0 Å². The Morgan fingerprint density at radius 1 is 0.308 bits per heavy atom. The molecule has 0 amide bonds. The lowest BCUT2D eigenvalue weighted by Gasteiger charge is -2.30. The molecule has 2 nitrogen and oxygen atoms in total. The SMILES string of the molecule is c1ccc(-c2ccccc2N(c2cccc3ccccc23)c2cccc3c2c2ccccc2n3-c2ccccc2-c2cccc3ccccc23)cc1. The molecule has 0 bridgehead atoms. The molecule has 52 heavy (non-hydrogen) atoms.